The molecule has 2 amide bonds. The summed E-state index contributed by atoms with van der Waals surface area (Å²) in [5, 5.41) is 3.00. The van der Waals surface area contributed by atoms with Gasteiger partial charge in [0.2, 0.25) is 0 Å². The Labute approximate surface area is 160 Å². The lowest BCUT2D eigenvalue weighted by Gasteiger charge is -2.29. The van der Waals surface area contributed by atoms with Crippen LogP contribution in [0.3, 0.4) is 0 Å². The number of ether oxygens (including phenoxy) is 1. The molecule has 1 N–H and O–H groups in total. The van der Waals surface area contributed by atoms with E-state index in [4.69, 9.17) is 4.74 Å². The van der Waals surface area contributed by atoms with Crippen molar-refractivity contribution in [3.8, 4) is 5.75 Å². The van der Waals surface area contributed by atoms with Crippen molar-refractivity contribution in [3.63, 3.8) is 0 Å². The predicted octanol–water partition coefficient (Wildman–Crippen LogP) is 3.69. The lowest BCUT2D eigenvalue weighted by molar-refractivity contribution is -0.121. The van der Waals surface area contributed by atoms with Crippen molar-refractivity contribution in [2.45, 2.75) is 40.3 Å². The molecule has 3 rings (SSSR count). The summed E-state index contributed by atoms with van der Waals surface area (Å²) in [6.07, 6.45) is 0. The molecule has 0 aliphatic carbocycles. The fourth-order valence-electron chi connectivity index (χ4n) is 2.89. The Morgan fingerprint density at radius 3 is 2.52 bits per heavy atom. The van der Waals surface area contributed by atoms with Gasteiger partial charge in [-0.15, -0.1) is 0 Å². The van der Waals surface area contributed by atoms with E-state index in [1.807, 2.05) is 44.2 Å². The summed E-state index contributed by atoms with van der Waals surface area (Å²) in [7, 11) is 0. The van der Waals surface area contributed by atoms with Gasteiger partial charge in [-0.2, -0.15) is 0 Å². The Bertz CT molecular complexity index is 843. The van der Waals surface area contributed by atoms with Crippen LogP contribution in [0.25, 0.3) is 0 Å². The summed E-state index contributed by atoms with van der Waals surface area (Å²) in [4.78, 5) is 26.4. The highest BCUT2D eigenvalue weighted by Crippen LogP contribution is 2.33. The number of hydrogen-bond donors (Lipinski definition) is 1. The summed E-state index contributed by atoms with van der Waals surface area (Å²) in [5.74, 6) is 0.954. The molecule has 1 heterocycles. The van der Waals surface area contributed by atoms with E-state index in [0.717, 1.165) is 22.6 Å². The molecule has 0 unspecified atom stereocenters. The van der Waals surface area contributed by atoms with Crippen LogP contribution in [-0.4, -0.2) is 24.5 Å². The first-order valence-electron chi connectivity index (χ1n) is 9.29. The number of carbonyl (C=O) groups excluding carboxylic acids is 2. The van der Waals surface area contributed by atoms with Crippen molar-refractivity contribution in [1.82, 2.24) is 5.32 Å². The van der Waals surface area contributed by atoms with Crippen molar-refractivity contribution in [3.05, 3.63) is 59.2 Å². The highest BCUT2D eigenvalue weighted by atomic mass is 16.5. The molecular formula is C22H26N2O3. The van der Waals surface area contributed by atoms with E-state index in [-0.39, 0.29) is 24.5 Å². The minimum atomic E-state index is -0.0776. The van der Waals surface area contributed by atoms with E-state index in [9.17, 15) is 9.59 Å². The van der Waals surface area contributed by atoms with Gasteiger partial charge in [-0.05, 0) is 55.2 Å². The molecule has 0 aromatic heterocycles. The van der Waals surface area contributed by atoms with Crippen molar-refractivity contribution in [2.24, 2.45) is 5.92 Å². The molecular weight excluding hydrogens is 340 g/mol. The predicted molar refractivity (Wildman–Crippen MR) is 106 cm³/mol. The van der Waals surface area contributed by atoms with Gasteiger partial charge in [-0.3, -0.25) is 9.59 Å². The number of aryl methyl sites for hydroxylation is 1. The summed E-state index contributed by atoms with van der Waals surface area (Å²) in [5.41, 5.74) is 3.45. The number of nitrogens with one attached hydrogen (secondary N) is 1. The summed E-state index contributed by atoms with van der Waals surface area (Å²) >= 11 is 0. The lowest BCUT2D eigenvalue weighted by Crippen LogP contribution is -2.38. The van der Waals surface area contributed by atoms with Gasteiger partial charge in [0.15, 0.2) is 6.61 Å². The first kappa shape index (κ1) is 19.0. The van der Waals surface area contributed by atoms with Gasteiger partial charge in [0.25, 0.3) is 11.8 Å². The average Bonchev–Trinajstić information content (AvgIpc) is 2.64. The number of nitrogens with zero attached hydrogens (tertiary/aromatic N) is 1. The van der Waals surface area contributed by atoms with Crippen LogP contribution in [0.15, 0.2) is 42.5 Å². The van der Waals surface area contributed by atoms with Crippen LogP contribution in [0, 0.1) is 12.8 Å². The van der Waals surface area contributed by atoms with Crippen molar-refractivity contribution >= 4 is 17.5 Å². The number of benzene rings is 2. The zero-order chi connectivity index (χ0) is 19.6. The SMILES string of the molecule is Cc1ccc2c(c1)N(Cc1ccc(C(=O)N[C@@H](C)C(C)C)cc1)C(=O)CO2. The molecule has 5 nitrogen and oxygen atoms in total. The van der Waals surface area contributed by atoms with Gasteiger partial charge in [0.05, 0.1) is 12.2 Å². The van der Waals surface area contributed by atoms with Gasteiger partial charge in [-0.1, -0.05) is 32.0 Å². The maximum Gasteiger partial charge on any atom is 0.265 e. The maximum atomic E-state index is 12.4. The standard InChI is InChI=1S/C22H26N2O3/c1-14(2)16(4)23-22(26)18-8-6-17(7-9-18)12-24-19-11-15(3)5-10-20(19)27-13-21(24)25/h5-11,14,16H,12-13H2,1-4H3,(H,23,26)/t16-/m0/s1. The Balaban J connectivity index is 1.74. The van der Waals surface area contributed by atoms with E-state index >= 15 is 0 Å². The monoisotopic (exact) mass is 366 g/mol. The van der Waals surface area contributed by atoms with Crippen molar-refractivity contribution in [1.29, 1.82) is 0 Å². The highest BCUT2D eigenvalue weighted by Gasteiger charge is 2.25. The second-order valence-electron chi connectivity index (χ2n) is 7.44. The number of carbonyl (C=O) groups is 2. The second kappa shape index (κ2) is 7.82. The van der Waals surface area contributed by atoms with E-state index in [2.05, 4.69) is 19.2 Å². The number of hydrogen-bond acceptors (Lipinski definition) is 3. The quantitative estimate of drug-likeness (QED) is 0.878. The summed E-state index contributed by atoms with van der Waals surface area (Å²) in [6, 6.07) is 13.3. The van der Waals surface area contributed by atoms with Crippen LogP contribution in [0.5, 0.6) is 5.75 Å². The van der Waals surface area contributed by atoms with Crippen molar-refractivity contribution in [2.75, 3.05) is 11.5 Å². The molecule has 2 aromatic carbocycles. The van der Waals surface area contributed by atoms with Gasteiger partial charge in [-0.25, -0.2) is 0 Å². The van der Waals surface area contributed by atoms with Crippen LogP contribution in [0.2, 0.25) is 0 Å². The minimum Gasteiger partial charge on any atom is -0.482 e. The van der Waals surface area contributed by atoms with E-state index < -0.39 is 0 Å². The van der Waals surface area contributed by atoms with Gasteiger partial charge < -0.3 is 15.0 Å². The zero-order valence-corrected chi connectivity index (χ0v) is 16.3. The van der Waals surface area contributed by atoms with E-state index in [1.165, 1.54) is 0 Å². The largest absolute Gasteiger partial charge is 0.482 e. The van der Waals surface area contributed by atoms with Crippen molar-refractivity contribution < 1.29 is 14.3 Å². The zero-order valence-electron chi connectivity index (χ0n) is 16.3. The van der Waals surface area contributed by atoms with E-state index in [0.29, 0.717) is 18.0 Å². The van der Waals surface area contributed by atoms with Crippen LogP contribution in [0.4, 0.5) is 5.69 Å². The third-order valence-corrected chi connectivity index (χ3v) is 4.97. The first-order chi connectivity index (χ1) is 12.8. The van der Waals surface area contributed by atoms with Gasteiger partial charge >= 0.3 is 0 Å². The molecule has 1 aliphatic heterocycles. The van der Waals surface area contributed by atoms with Crippen LogP contribution in [0.1, 0.15) is 42.3 Å². The molecule has 0 saturated heterocycles. The highest BCUT2D eigenvalue weighted by molar-refractivity contribution is 5.98. The van der Waals surface area contributed by atoms with Crippen LogP contribution < -0.4 is 15.0 Å². The Kier molecular flexibility index (Phi) is 5.49. The van der Waals surface area contributed by atoms with E-state index in [1.54, 1.807) is 17.0 Å². The fraction of sp³-hybridized carbons (Fsp3) is 0.364. The number of anilines is 1. The Hall–Kier alpha value is -2.82. The normalized spacial score (nSPS) is 14.6. The minimum absolute atomic E-state index is 0.0453. The summed E-state index contributed by atoms with van der Waals surface area (Å²) < 4.78 is 5.52. The van der Waals surface area contributed by atoms with Crippen LogP contribution in [-0.2, 0) is 11.3 Å². The Morgan fingerprint density at radius 2 is 1.85 bits per heavy atom. The lowest BCUT2D eigenvalue weighted by atomic mass is 10.1. The second-order valence-corrected chi connectivity index (χ2v) is 7.44. The molecule has 0 bridgehead atoms. The molecule has 0 radical (unpaired) electrons. The number of rotatable bonds is 5. The first-order valence-corrected chi connectivity index (χ1v) is 9.29. The molecule has 2 aromatic rings. The fourth-order valence-corrected chi connectivity index (χ4v) is 2.89. The number of amides is 2. The topological polar surface area (TPSA) is 58.6 Å². The maximum absolute atomic E-state index is 12.4. The molecule has 5 heteroatoms. The molecule has 1 atom stereocenters. The molecule has 1 aliphatic rings. The average molecular weight is 366 g/mol. The number of fused-ring (bicyclic) bond motifs is 1. The Morgan fingerprint density at radius 1 is 1.15 bits per heavy atom. The summed E-state index contributed by atoms with van der Waals surface area (Å²) in [6.45, 7) is 8.63. The van der Waals surface area contributed by atoms with Gasteiger partial charge in [0.1, 0.15) is 5.75 Å². The molecule has 142 valence electrons. The smallest absolute Gasteiger partial charge is 0.265 e. The molecule has 0 fully saturated rings. The van der Waals surface area contributed by atoms with Gasteiger partial charge in [0, 0.05) is 11.6 Å². The molecule has 0 saturated carbocycles. The third-order valence-electron chi connectivity index (χ3n) is 4.97. The van der Waals surface area contributed by atoms with Crippen LogP contribution >= 0.6 is 0 Å². The molecule has 27 heavy (non-hydrogen) atoms. The molecule has 0 spiro atoms. The third kappa shape index (κ3) is 4.30.